The Morgan fingerprint density at radius 2 is 2.21 bits per heavy atom. The topological polar surface area (TPSA) is 58.3 Å². The third-order valence-electron chi connectivity index (χ3n) is 2.01. The van der Waals surface area contributed by atoms with Crippen LogP contribution >= 0.6 is 0 Å². The van der Waals surface area contributed by atoms with Gasteiger partial charge in [-0.15, -0.1) is 0 Å². The van der Waals surface area contributed by atoms with Crippen molar-refractivity contribution in [2.24, 2.45) is 0 Å². The van der Waals surface area contributed by atoms with Crippen LogP contribution in [-0.2, 0) is 0 Å². The highest BCUT2D eigenvalue weighted by molar-refractivity contribution is 5.57. The third-order valence-corrected chi connectivity index (χ3v) is 2.01. The lowest BCUT2D eigenvalue weighted by Gasteiger charge is -2.09. The number of anilines is 2. The van der Waals surface area contributed by atoms with E-state index in [-0.39, 0.29) is 12.4 Å². The predicted molar refractivity (Wildman–Crippen MR) is 55.7 cm³/mol. The smallest absolute Gasteiger partial charge is 0.148 e. The predicted octanol–water partition coefficient (Wildman–Crippen LogP) is 1.51. The van der Waals surface area contributed by atoms with Gasteiger partial charge in [-0.3, -0.25) is 0 Å². The number of nitrogens with two attached hydrogens (primary N) is 1. The molecular weight excluding hydrogens is 183 g/mol. The Hall–Kier alpha value is -1.29. The molecule has 1 aromatic carbocycles. The van der Waals surface area contributed by atoms with E-state index in [9.17, 15) is 4.39 Å². The van der Waals surface area contributed by atoms with Crippen LogP contribution < -0.4 is 11.1 Å². The number of rotatable bonds is 4. The molecule has 0 aliphatic rings. The van der Waals surface area contributed by atoms with Gasteiger partial charge in [-0.25, -0.2) is 4.39 Å². The van der Waals surface area contributed by atoms with Crippen molar-refractivity contribution >= 4 is 11.4 Å². The summed E-state index contributed by atoms with van der Waals surface area (Å²) < 4.78 is 13.3. The minimum Gasteiger partial charge on any atom is -0.398 e. The van der Waals surface area contributed by atoms with E-state index in [0.29, 0.717) is 24.3 Å². The van der Waals surface area contributed by atoms with Gasteiger partial charge in [0.05, 0.1) is 5.69 Å². The van der Waals surface area contributed by atoms with Crippen LogP contribution in [0.4, 0.5) is 15.8 Å². The molecule has 0 aliphatic heterocycles. The minimum atomic E-state index is -0.356. The molecule has 14 heavy (non-hydrogen) atoms. The van der Waals surface area contributed by atoms with Crippen LogP contribution in [0.1, 0.15) is 12.0 Å². The number of halogens is 1. The number of nitrogens with one attached hydrogen (secondary N) is 1. The molecule has 0 aromatic heterocycles. The zero-order chi connectivity index (χ0) is 10.6. The average molecular weight is 198 g/mol. The van der Waals surface area contributed by atoms with Crippen LogP contribution in [0.3, 0.4) is 0 Å². The van der Waals surface area contributed by atoms with E-state index in [1.807, 2.05) is 6.92 Å². The number of aliphatic hydroxyl groups is 1. The van der Waals surface area contributed by atoms with Crippen LogP contribution in [0.5, 0.6) is 0 Å². The van der Waals surface area contributed by atoms with E-state index < -0.39 is 0 Å². The quantitative estimate of drug-likeness (QED) is 0.507. The van der Waals surface area contributed by atoms with E-state index >= 15 is 0 Å². The van der Waals surface area contributed by atoms with Gasteiger partial charge in [-0.05, 0) is 31.0 Å². The zero-order valence-electron chi connectivity index (χ0n) is 8.18. The molecule has 0 amide bonds. The molecule has 4 N–H and O–H groups in total. The molecule has 1 rings (SSSR count). The van der Waals surface area contributed by atoms with Gasteiger partial charge in [0, 0.05) is 18.8 Å². The Balaban J connectivity index is 2.72. The Morgan fingerprint density at radius 1 is 1.50 bits per heavy atom. The molecule has 3 nitrogen and oxygen atoms in total. The fourth-order valence-electron chi connectivity index (χ4n) is 1.13. The van der Waals surface area contributed by atoms with E-state index in [4.69, 9.17) is 10.8 Å². The normalized spacial score (nSPS) is 10.2. The van der Waals surface area contributed by atoms with Crippen LogP contribution in [0.15, 0.2) is 12.1 Å². The van der Waals surface area contributed by atoms with Crippen molar-refractivity contribution in [3.05, 3.63) is 23.5 Å². The maximum Gasteiger partial charge on any atom is 0.148 e. The molecule has 4 heteroatoms. The average Bonchev–Trinajstić information content (AvgIpc) is 2.14. The number of hydrogen-bond acceptors (Lipinski definition) is 3. The molecule has 0 aliphatic carbocycles. The van der Waals surface area contributed by atoms with Crippen molar-refractivity contribution in [2.75, 3.05) is 24.2 Å². The van der Waals surface area contributed by atoms with Crippen LogP contribution in [0.2, 0.25) is 0 Å². The lowest BCUT2D eigenvalue weighted by Crippen LogP contribution is -2.06. The van der Waals surface area contributed by atoms with E-state index in [2.05, 4.69) is 5.32 Å². The number of aryl methyl sites for hydroxylation is 1. The first kappa shape index (κ1) is 10.8. The third kappa shape index (κ3) is 2.60. The monoisotopic (exact) mass is 198 g/mol. The van der Waals surface area contributed by atoms with Crippen molar-refractivity contribution in [2.45, 2.75) is 13.3 Å². The summed E-state index contributed by atoms with van der Waals surface area (Å²) in [6.45, 7) is 2.48. The lowest BCUT2D eigenvalue weighted by atomic mass is 10.1. The summed E-state index contributed by atoms with van der Waals surface area (Å²) >= 11 is 0. The number of nitrogen functional groups attached to an aromatic ring is 1. The first-order chi connectivity index (χ1) is 6.65. The first-order valence-electron chi connectivity index (χ1n) is 4.55. The van der Waals surface area contributed by atoms with Gasteiger partial charge in [-0.2, -0.15) is 0 Å². The van der Waals surface area contributed by atoms with Gasteiger partial charge in [-0.1, -0.05) is 0 Å². The fraction of sp³-hybridized carbons (Fsp3) is 0.400. The van der Waals surface area contributed by atoms with E-state index in [0.717, 1.165) is 5.56 Å². The minimum absolute atomic E-state index is 0.0998. The van der Waals surface area contributed by atoms with Crippen molar-refractivity contribution < 1.29 is 9.50 Å². The molecule has 0 saturated carbocycles. The highest BCUT2D eigenvalue weighted by Gasteiger charge is 2.04. The zero-order valence-corrected chi connectivity index (χ0v) is 8.18. The summed E-state index contributed by atoms with van der Waals surface area (Å²) in [6.07, 6.45) is 0.600. The summed E-state index contributed by atoms with van der Waals surface area (Å²) in [6, 6.07) is 2.97. The molecule has 78 valence electrons. The summed E-state index contributed by atoms with van der Waals surface area (Å²) in [4.78, 5) is 0. The molecule has 0 radical (unpaired) electrons. The number of aliphatic hydroxyl groups excluding tert-OH is 1. The molecule has 0 heterocycles. The first-order valence-corrected chi connectivity index (χ1v) is 4.55. The Bertz CT molecular complexity index is 315. The standard InChI is InChI=1S/C10H15FN2O/c1-7-5-10(13-3-2-4-14)8(11)6-9(7)12/h5-6,13-14H,2-4,12H2,1H3. The fourth-order valence-corrected chi connectivity index (χ4v) is 1.13. The molecule has 0 unspecified atom stereocenters. The second kappa shape index (κ2) is 4.81. The second-order valence-corrected chi connectivity index (χ2v) is 3.19. The second-order valence-electron chi connectivity index (χ2n) is 3.19. The molecule has 0 atom stereocenters. The van der Waals surface area contributed by atoms with Gasteiger partial charge in [0.2, 0.25) is 0 Å². The van der Waals surface area contributed by atoms with Crippen LogP contribution in [0, 0.1) is 12.7 Å². The maximum atomic E-state index is 13.3. The largest absolute Gasteiger partial charge is 0.398 e. The number of hydrogen-bond donors (Lipinski definition) is 3. The SMILES string of the molecule is Cc1cc(NCCCO)c(F)cc1N. The summed E-state index contributed by atoms with van der Waals surface area (Å²) in [5, 5.41) is 11.4. The molecule has 0 saturated heterocycles. The van der Waals surface area contributed by atoms with Crippen molar-refractivity contribution in [3.8, 4) is 0 Å². The van der Waals surface area contributed by atoms with E-state index in [1.165, 1.54) is 6.07 Å². The molecule has 0 fully saturated rings. The lowest BCUT2D eigenvalue weighted by molar-refractivity contribution is 0.292. The van der Waals surface area contributed by atoms with Gasteiger partial charge < -0.3 is 16.2 Å². The molecular formula is C10H15FN2O. The van der Waals surface area contributed by atoms with Gasteiger partial charge in [0.15, 0.2) is 0 Å². The summed E-state index contributed by atoms with van der Waals surface area (Å²) in [7, 11) is 0. The van der Waals surface area contributed by atoms with Crippen LogP contribution in [0.25, 0.3) is 0 Å². The molecule has 0 bridgehead atoms. The molecule has 1 aromatic rings. The summed E-state index contributed by atoms with van der Waals surface area (Å²) in [5.74, 6) is -0.356. The number of benzene rings is 1. The Labute approximate surface area is 82.7 Å². The highest BCUT2D eigenvalue weighted by atomic mass is 19.1. The van der Waals surface area contributed by atoms with Gasteiger partial charge in [0.1, 0.15) is 5.82 Å². The molecule has 0 spiro atoms. The maximum absolute atomic E-state index is 13.3. The van der Waals surface area contributed by atoms with E-state index in [1.54, 1.807) is 6.07 Å². The highest BCUT2D eigenvalue weighted by Crippen LogP contribution is 2.21. The van der Waals surface area contributed by atoms with Crippen LogP contribution in [-0.4, -0.2) is 18.3 Å². The van der Waals surface area contributed by atoms with Gasteiger partial charge >= 0.3 is 0 Å². The Kier molecular flexibility index (Phi) is 3.71. The van der Waals surface area contributed by atoms with Crippen molar-refractivity contribution in [1.82, 2.24) is 0 Å². The van der Waals surface area contributed by atoms with Crippen molar-refractivity contribution in [3.63, 3.8) is 0 Å². The van der Waals surface area contributed by atoms with Gasteiger partial charge in [0.25, 0.3) is 0 Å². The summed E-state index contributed by atoms with van der Waals surface area (Å²) in [5.41, 5.74) is 7.27. The van der Waals surface area contributed by atoms with Crippen molar-refractivity contribution in [1.29, 1.82) is 0 Å². The Morgan fingerprint density at radius 3 is 2.86 bits per heavy atom.